The van der Waals surface area contributed by atoms with Gasteiger partial charge in [-0.15, -0.1) is 0 Å². The first kappa shape index (κ1) is 19.0. The van der Waals surface area contributed by atoms with Gasteiger partial charge in [0.05, 0.1) is 6.54 Å². The smallest absolute Gasteiger partial charge is 0.239 e. The summed E-state index contributed by atoms with van der Waals surface area (Å²) >= 11 is 0. The van der Waals surface area contributed by atoms with E-state index in [-0.39, 0.29) is 18.4 Å². The largest absolute Gasteiger partial charge is 0.376 e. The summed E-state index contributed by atoms with van der Waals surface area (Å²) in [5, 5.41) is 8.91. The molecule has 0 bridgehead atoms. The quantitative estimate of drug-likeness (QED) is 0.597. The second-order valence-corrected chi connectivity index (χ2v) is 6.44. The lowest BCUT2D eigenvalue weighted by molar-refractivity contribution is -0.119. The summed E-state index contributed by atoms with van der Waals surface area (Å²) in [7, 11) is 0. The number of hydrogen-bond acceptors (Lipinski definition) is 3. The van der Waals surface area contributed by atoms with Gasteiger partial charge in [-0.1, -0.05) is 24.6 Å². The summed E-state index contributed by atoms with van der Waals surface area (Å²) in [5.41, 5.74) is 3.03. The number of benzene rings is 1. The second-order valence-electron chi connectivity index (χ2n) is 6.44. The zero-order valence-corrected chi connectivity index (χ0v) is 15.1. The fourth-order valence-electron chi connectivity index (χ4n) is 2.90. The van der Waals surface area contributed by atoms with Crippen molar-refractivity contribution in [3.8, 4) is 0 Å². The Labute approximate surface area is 150 Å². The number of amides is 2. The summed E-state index contributed by atoms with van der Waals surface area (Å²) in [5.74, 6) is -0.00811. The number of rotatable bonds is 9. The van der Waals surface area contributed by atoms with Crippen LogP contribution >= 0.6 is 0 Å². The number of allylic oxidation sites excluding steroid dienone is 1. The fraction of sp³-hybridized carbons (Fsp3) is 0.500. The number of hydrogen-bond donors (Lipinski definition) is 3. The molecule has 0 radical (unpaired) electrons. The first-order chi connectivity index (χ1) is 12.2. The molecule has 0 aromatic heterocycles. The number of carbonyl (C=O) groups is 2. The summed E-state index contributed by atoms with van der Waals surface area (Å²) in [6.07, 6.45) is 9.50. The molecule has 0 saturated heterocycles. The Hall–Kier alpha value is -2.30. The molecule has 0 heterocycles. The van der Waals surface area contributed by atoms with E-state index in [1.165, 1.54) is 31.3 Å². The van der Waals surface area contributed by atoms with E-state index in [1.54, 1.807) is 0 Å². The highest BCUT2D eigenvalue weighted by Crippen LogP contribution is 2.19. The molecule has 0 saturated carbocycles. The maximum atomic E-state index is 11.9. The normalized spacial score (nSPS) is 13.7. The van der Waals surface area contributed by atoms with Crippen LogP contribution in [0.25, 0.3) is 0 Å². The Balaban J connectivity index is 1.70. The van der Waals surface area contributed by atoms with Crippen molar-refractivity contribution in [3.05, 3.63) is 35.9 Å². The Morgan fingerprint density at radius 2 is 1.96 bits per heavy atom. The predicted molar refractivity (Wildman–Crippen MR) is 103 cm³/mol. The highest BCUT2D eigenvalue weighted by atomic mass is 16.2. The summed E-state index contributed by atoms with van der Waals surface area (Å²) in [4.78, 5) is 23.6. The van der Waals surface area contributed by atoms with Gasteiger partial charge < -0.3 is 16.0 Å². The van der Waals surface area contributed by atoms with Crippen LogP contribution in [-0.2, 0) is 9.59 Å². The van der Waals surface area contributed by atoms with Crippen molar-refractivity contribution in [2.45, 2.75) is 51.9 Å². The van der Waals surface area contributed by atoms with Crippen LogP contribution in [0.3, 0.4) is 0 Å². The van der Waals surface area contributed by atoms with Gasteiger partial charge in [0.25, 0.3) is 0 Å². The SMILES string of the molecule is CCCC(=O)Nc1cccc(NCC(=O)NCCC2=CCCCC2)c1. The molecule has 136 valence electrons. The molecule has 5 heteroatoms. The standard InChI is InChI=1S/C20H29N3O2/c1-2-7-19(24)23-18-11-6-10-17(14-18)22-15-20(25)21-13-12-16-8-4-3-5-9-16/h6,8,10-11,14,22H,2-5,7,9,12-13,15H2,1H3,(H,21,25)(H,23,24). The van der Waals surface area contributed by atoms with Crippen molar-refractivity contribution in [1.29, 1.82) is 0 Å². The van der Waals surface area contributed by atoms with Crippen LogP contribution in [-0.4, -0.2) is 24.9 Å². The first-order valence-corrected chi connectivity index (χ1v) is 9.25. The molecule has 3 N–H and O–H groups in total. The monoisotopic (exact) mass is 343 g/mol. The molecular formula is C20H29N3O2. The molecule has 0 aliphatic heterocycles. The molecule has 1 aromatic carbocycles. The van der Waals surface area contributed by atoms with Gasteiger partial charge >= 0.3 is 0 Å². The predicted octanol–water partition coefficient (Wildman–Crippen LogP) is 3.84. The minimum atomic E-state index is -0.0168. The van der Waals surface area contributed by atoms with Crippen LogP contribution in [0.15, 0.2) is 35.9 Å². The Bertz CT molecular complexity index is 611. The number of anilines is 2. The third-order valence-corrected chi connectivity index (χ3v) is 4.23. The molecule has 25 heavy (non-hydrogen) atoms. The third-order valence-electron chi connectivity index (χ3n) is 4.23. The van der Waals surface area contributed by atoms with Crippen molar-refractivity contribution >= 4 is 23.2 Å². The van der Waals surface area contributed by atoms with Gasteiger partial charge in [0, 0.05) is 24.3 Å². The molecule has 1 aliphatic rings. The van der Waals surface area contributed by atoms with E-state index >= 15 is 0 Å². The fourth-order valence-corrected chi connectivity index (χ4v) is 2.90. The number of nitrogens with one attached hydrogen (secondary N) is 3. The maximum Gasteiger partial charge on any atom is 0.239 e. The van der Waals surface area contributed by atoms with Crippen LogP contribution < -0.4 is 16.0 Å². The second kappa shape index (κ2) is 10.5. The lowest BCUT2D eigenvalue weighted by Gasteiger charge is -2.13. The van der Waals surface area contributed by atoms with Gasteiger partial charge in [0.15, 0.2) is 0 Å². The maximum absolute atomic E-state index is 11.9. The molecule has 0 atom stereocenters. The highest BCUT2D eigenvalue weighted by Gasteiger charge is 2.06. The third kappa shape index (κ3) is 7.42. The van der Waals surface area contributed by atoms with E-state index in [0.717, 1.165) is 24.2 Å². The van der Waals surface area contributed by atoms with E-state index in [2.05, 4.69) is 22.0 Å². The van der Waals surface area contributed by atoms with Crippen LogP contribution in [0.2, 0.25) is 0 Å². The van der Waals surface area contributed by atoms with Gasteiger partial charge in [-0.05, 0) is 56.7 Å². The van der Waals surface area contributed by atoms with Crippen molar-refractivity contribution < 1.29 is 9.59 Å². The van der Waals surface area contributed by atoms with Gasteiger partial charge in [0.2, 0.25) is 11.8 Å². The van der Waals surface area contributed by atoms with E-state index in [0.29, 0.717) is 13.0 Å². The van der Waals surface area contributed by atoms with E-state index in [4.69, 9.17) is 0 Å². The number of carbonyl (C=O) groups excluding carboxylic acids is 2. The average molecular weight is 343 g/mol. The van der Waals surface area contributed by atoms with E-state index in [9.17, 15) is 9.59 Å². The molecule has 0 spiro atoms. The van der Waals surface area contributed by atoms with E-state index < -0.39 is 0 Å². The van der Waals surface area contributed by atoms with Gasteiger partial charge in [-0.2, -0.15) is 0 Å². The molecule has 2 amide bonds. The molecule has 5 nitrogen and oxygen atoms in total. The molecule has 1 aliphatic carbocycles. The summed E-state index contributed by atoms with van der Waals surface area (Å²) in [6.45, 7) is 2.89. The summed E-state index contributed by atoms with van der Waals surface area (Å²) < 4.78 is 0. The van der Waals surface area contributed by atoms with Gasteiger partial charge in [-0.3, -0.25) is 9.59 Å². The van der Waals surface area contributed by atoms with Crippen LogP contribution in [0.1, 0.15) is 51.9 Å². The average Bonchev–Trinajstić information content (AvgIpc) is 2.61. The lowest BCUT2D eigenvalue weighted by Crippen LogP contribution is -2.30. The Morgan fingerprint density at radius 1 is 1.12 bits per heavy atom. The van der Waals surface area contributed by atoms with E-state index in [1.807, 2.05) is 31.2 Å². The van der Waals surface area contributed by atoms with Crippen LogP contribution in [0, 0.1) is 0 Å². The summed E-state index contributed by atoms with van der Waals surface area (Å²) in [6, 6.07) is 7.43. The van der Waals surface area contributed by atoms with Crippen LogP contribution in [0.4, 0.5) is 11.4 Å². The topological polar surface area (TPSA) is 70.2 Å². The van der Waals surface area contributed by atoms with Crippen LogP contribution in [0.5, 0.6) is 0 Å². The van der Waals surface area contributed by atoms with Crippen molar-refractivity contribution in [2.75, 3.05) is 23.7 Å². The van der Waals surface area contributed by atoms with Gasteiger partial charge in [0.1, 0.15) is 0 Å². The minimum Gasteiger partial charge on any atom is -0.376 e. The van der Waals surface area contributed by atoms with Crippen molar-refractivity contribution in [3.63, 3.8) is 0 Å². The minimum absolute atomic E-state index is 0.00871. The van der Waals surface area contributed by atoms with Gasteiger partial charge in [-0.25, -0.2) is 0 Å². The molecule has 0 unspecified atom stereocenters. The Morgan fingerprint density at radius 3 is 2.72 bits per heavy atom. The molecule has 0 fully saturated rings. The zero-order chi connectivity index (χ0) is 17.9. The first-order valence-electron chi connectivity index (χ1n) is 9.25. The molecule has 1 aromatic rings. The highest BCUT2D eigenvalue weighted by molar-refractivity contribution is 5.91. The Kier molecular flexibility index (Phi) is 8.02. The van der Waals surface area contributed by atoms with Crippen molar-refractivity contribution in [2.24, 2.45) is 0 Å². The zero-order valence-electron chi connectivity index (χ0n) is 15.1. The molecular weight excluding hydrogens is 314 g/mol. The molecule has 2 rings (SSSR count). The lowest BCUT2D eigenvalue weighted by atomic mass is 9.97. The van der Waals surface area contributed by atoms with Crippen molar-refractivity contribution in [1.82, 2.24) is 5.32 Å².